The Labute approximate surface area is 189 Å². The molecule has 0 bridgehead atoms. The van der Waals surface area contributed by atoms with Crippen LogP contribution in [0.25, 0.3) is 0 Å². The topological polar surface area (TPSA) is 84.0 Å². The first-order valence-electron chi connectivity index (χ1n) is 10.2. The average molecular weight is 484 g/mol. The Balaban J connectivity index is 1.52. The predicted molar refractivity (Wildman–Crippen MR) is 113 cm³/mol. The van der Waals surface area contributed by atoms with Crippen LogP contribution in [0, 0.1) is 6.92 Å². The summed E-state index contributed by atoms with van der Waals surface area (Å²) in [7, 11) is -3.93. The summed E-state index contributed by atoms with van der Waals surface area (Å²) in [5, 5.41) is 0. The van der Waals surface area contributed by atoms with Gasteiger partial charge in [-0.3, -0.25) is 9.59 Å². The van der Waals surface area contributed by atoms with E-state index in [0.717, 1.165) is 29.8 Å². The van der Waals surface area contributed by atoms with Gasteiger partial charge in [0.1, 0.15) is 5.75 Å². The minimum absolute atomic E-state index is 0.0279. The largest absolute Gasteiger partial charge is 0.573 e. The van der Waals surface area contributed by atoms with Gasteiger partial charge in [0, 0.05) is 44.6 Å². The van der Waals surface area contributed by atoms with Gasteiger partial charge < -0.3 is 9.64 Å². The van der Waals surface area contributed by atoms with Crippen molar-refractivity contribution >= 4 is 21.7 Å². The Morgan fingerprint density at radius 1 is 0.909 bits per heavy atom. The zero-order valence-electron chi connectivity index (χ0n) is 17.8. The van der Waals surface area contributed by atoms with E-state index < -0.39 is 22.1 Å². The van der Waals surface area contributed by atoms with E-state index in [4.69, 9.17) is 0 Å². The van der Waals surface area contributed by atoms with Gasteiger partial charge in [-0.05, 0) is 31.2 Å². The number of benzene rings is 2. The van der Waals surface area contributed by atoms with Crippen LogP contribution in [0.2, 0.25) is 0 Å². The minimum Gasteiger partial charge on any atom is -0.406 e. The molecule has 0 unspecified atom stereocenters. The van der Waals surface area contributed by atoms with Crippen LogP contribution in [0.4, 0.5) is 13.2 Å². The number of ketones is 1. The Morgan fingerprint density at radius 2 is 1.48 bits per heavy atom. The van der Waals surface area contributed by atoms with Crippen molar-refractivity contribution in [3.8, 4) is 5.75 Å². The molecule has 1 aliphatic heterocycles. The second-order valence-corrected chi connectivity index (χ2v) is 9.53. The molecule has 2 aromatic carbocycles. The van der Waals surface area contributed by atoms with Crippen LogP contribution in [0.15, 0.2) is 53.4 Å². The molecule has 0 radical (unpaired) electrons. The number of rotatable bonds is 7. The third-order valence-corrected chi connectivity index (χ3v) is 7.14. The number of ether oxygens (including phenoxy) is 1. The summed E-state index contributed by atoms with van der Waals surface area (Å²) in [6.45, 7) is 2.31. The molecule has 0 aliphatic carbocycles. The summed E-state index contributed by atoms with van der Waals surface area (Å²) in [6, 6.07) is 11.0. The van der Waals surface area contributed by atoms with Gasteiger partial charge in [-0.25, -0.2) is 8.42 Å². The van der Waals surface area contributed by atoms with Crippen molar-refractivity contribution in [2.24, 2.45) is 0 Å². The average Bonchev–Trinajstić information content (AvgIpc) is 2.77. The molecule has 11 heteroatoms. The van der Waals surface area contributed by atoms with Crippen LogP contribution in [0.3, 0.4) is 0 Å². The number of aryl methyl sites for hydroxylation is 1. The maximum atomic E-state index is 12.8. The third-order valence-electron chi connectivity index (χ3n) is 5.23. The maximum absolute atomic E-state index is 12.8. The number of Topliss-reactive ketones (excluding diaryl/α,β-unsaturated/α-hetero) is 1. The van der Waals surface area contributed by atoms with Gasteiger partial charge in [-0.15, -0.1) is 13.2 Å². The third kappa shape index (κ3) is 6.55. The number of amides is 1. The molecular weight excluding hydrogens is 461 g/mol. The van der Waals surface area contributed by atoms with Gasteiger partial charge in [-0.2, -0.15) is 4.31 Å². The molecule has 0 atom stereocenters. The molecule has 33 heavy (non-hydrogen) atoms. The number of hydrogen-bond acceptors (Lipinski definition) is 5. The number of carbonyl (C=O) groups excluding carboxylic acids is 2. The Hall–Kier alpha value is -2.92. The zero-order valence-corrected chi connectivity index (χ0v) is 18.7. The fourth-order valence-corrected chi connectivity index (χ4v) is 4.82. The van der Waals surface area contributed by atoms with Gasteiger partial charge in [0.2, 0.25) is 15.9 Å². The van der Waals surface area contributed by atoms with Crippen molar-refractivity contribution in [3.05, 3.63) is 59.7 Å². The molecule has 1 aliphatic rings. The molecule has 3 rings (SSSR count). The second-order valence-electron chi connectivity index (χ2n) is 7.59. The summed E-state index contributed by atoms with van der Waals surface area (Å²) in [6.07, 6.45) is -4.78. The first-order chi connectivity index (χ1) is 15.5. The molecule has 0 N–H and O–H groups in total. The zero-order chi connectivity index (χ0) is 24.2. The number of halogens is 3. The van der Waals surface area contributed by atoms with Crippen molar-refractivity contribution in [2.75, 3.05) is 26.2 Å². The molecule has 7 nitrogen and oxygen atoms in total. The molecule has 178 valence electrons. The smallest absolute Gasteiger partial charge is 0.406 e. The van der Waals surface area contributed by atoms with Crippen molar-refractivity contribution in [2.45, 2.75) is 31.0 Å². The van der Waals surface area contributed by atoms with Crippen LogP contribution in [0.5, 0.6) is 5.75 Å². The number of sulfonamides is 1. The first kappa shape index (κ1) is 24.7. The van der Waals surface area contributed by atoms with E-state index in [1.54, 1.807) is 12.1 Å². The van der Waals surface area contributed by atoms with Crippen LogP contribution < -0.4 is 4.74 Å². The molecule has 2 aromatic rings. The second kappa shape index (κ2) is 9.92. The molecule has 0 aromatic heterocycles. The predicted octanol–water partition coefficient (Wildman–Crippen LogP) is 3.39. The lowest BCUT2D eigenvalue weighted by Gasteiger charge is -2.34. The van der Waals surface area contributed by atoms with E-state index in [1.165, 1.54) is 9.21 Å². The lowest BCUT2D eigenvalue weighted by molar-refractivity contribution is -0.274. The SMILES string of the molecule is Cc1ccc(C(=O)CCC(=O)N2CCN(S(=O)(=O)c3ccc(OC(F)(F)F)cc3)CC2)cc1. The van der Waals surface area contributed by atoms with E-state index in [0.29, 0.717) is 5.56 Å². The maximum Gasteiger partial charge on any atom is 0.573 e. The standard InChI is InChI=1S/C22H23F3N2O5S/c1-16-2-4-17(5-3-16)20(28)10-11-21(29)26-12-14-27(15-13-26)33(30,31)19-8-6-18(7-9-19)32-22(23,24)25/h2-9H,10-15H2,1H3. The Morgan fingerprint density at radius 3 is 2.03 bits per heavy atom. The molecule has 0 saturated carbocycles. The first-order valence-corrected chi connectivity index (χ1v) is 11.6. The number of hydrogen-bond donors (Lipinski definition) is 0. The van der Waals surface area contributed by atoms with Gasteiger partial charge in [-0.1, -0.05) is 29.8 Å². The number of piperazine rings is 1. The summed E-state index contributed by atoms with van der Waals surface area (Å²) in [4.78, 5) is 26.1. The van der Waals surface area contributed by atoms with Gasteiger partial charge in [0.05, 0.1) is 4.90 Å². The Kier molecular flexibility index (Phi) is 7.43. The lowest BCUT2D eigenvalue weighted by Crippen LogP contribution is -2.50. The van der Waals surface area contributed by atoms with Gasteiger partial charge in [0.25, 0.3) is 0 Å². The minimum atomic E-state index is -4.87. The van der Waals surface area contributed by atoms with E-state index in [9.17, 15) is 31.2 Å². The van der Waals surface area contributed by atoms with Crippen molar-refractivity contribution < 1.29 is 35.9 Å². The fraction of sp³-hybridized carbons (Fsp3) is 0.364. The van der Waals surface area contributed by atoms with Crippen LogP contribution in [-0.2, 0) is 14.8 Å². The summed E-state index contributed by atoms with van der Waals surface area (Å²) < 4.78 is 67.3. The van der Waals surface area contributed by atoms with Gasteiger partial charge >= 0.3 is 6.36 Å². The van der Waals surface area contributed by atoms with Crippen LogP contribution >= 0.6 is 0 Å². The van der Waals surface area contributed by atoms with Crippen molar-refractivity contribution in [3.63, 3.8) is 0 Å². The number of alkyl halides is 3. The molecular formula is C22H23F3N2O5S. The normalized spacial score (nSPS) is 15.3. The molecule has 0 spiro atoms. The van der Waals surface area contributed by atoms with Crippen molar-refractivity contribution in [1.29, 1.82) is 0 Å². The summed E-state index contributed by atoms with van der Waals surface area (Å²) in [5.41, 5.74) is 1.57. The number of carbonyl (C=O) groups is 2. The highest BCUT2D eigenvalue weighted by molar-refractivity contribution is 7.89. The van der Waals surface area contributed by atoms with E-state index in [1.807, 2.05) is 19.1 Å². The summed E-state index contributed by atoms with van der Waals surface area (Å²) in [5.74, 6) is -0.888. The lowest BCUT2D eigenvalue weighted by atomic mass is 10.0. The van der Waals surface area contributed by atoms with E-state index in [2.05, 4.69) is 4.74 Å². The number of nitrogens with zero attached hydrogens (tertiary/aromatic N) is 2. The highest BCUT2D eigenvalue weighted by Gasteiger charge is 2.32. The molecule has 1 amide bonds. The molecule has 1 saturated heterocycles. The van der Waals surface area contributed by atoms with Crippen LogP contribution in [-0.4, -0.2) is 61.9 Å². The van der Waals surface area contributed by atoms with Gasteiger partial charge in [0.15, 0.2) is 5.78 Å². The van der Waals surface area contributed by atoms with E-state index in [-0.39, 0.29) is 55.6 Å². The highest BCUT2D eigenvalue weighted by Crippen LogP contribution is 2.25. The molecule has 1 fully saturated rings. The monoisotopic (exact) mass is 484 g/mol. The fourth-order valence-electron chi connectivity index (χ4n) is 3.40. The highest BCUT2D eigenvalue weighted by atomic mass is 32.2. The summed E-state index contributed by atoms with van der Waals surface area (Å²) >= 11 is 0. The Bertz CT molecular complexity index is 1090. The van der Waals surface area contributed by atoms with E-state index >= 15 is 0 Å². The van der Waals surface area contributed by atoms with Crippen molar-refractivity contribution in [1.82, 2.24) is 9.21 Å². The van der Waals surface area contributed by atoms with Crippen LogP contribution in [0.1, 0.15) is 28.8 Å². The quantitative estimate of drug-likeness (QED) is 0.563. The molecule has 1 heterocycles.